The second kappa shape index (κ2) is 9.90. The van der Waals surface area contributed by atoms with E-state index >= 15 is 0 Å². The first-order chi connectivity index (χ1) is 15.1. The standard InChI is InChI=1S/C26H25ClN2O2/c27-23-14-6-4-11-20(23)17-29-16-8-12-21(18-29)26(31)28-24-15-7-5-13-22(24)25(30)19-9-2-1-3-10-19/h1-7,9-11,13-15,21H,8,12,16-18H2,(H,28,31)/t21-/m0/s1. The van der Waals surface area contributed by atoms with Gasteiger partial charge in [0.1, 0.15) is 0 Å². The molecular weight excluding hydrogens is 408 g/mol. The molecule has 4 rings (SSSR count). The van der Waals surface area contributed by atoms with Gasteiger partial charge in [-0.15, -0.1) is 0 Å². The smallest absolute Gasteiger partial charge is 0.228 e. The molecule has 3 aromatic rings. The molecular formula is C26H25ClN2O2. The summed E-state index contributed by atoms with van der Waals surface area (Å²) in [4.78, 5) is 28.3. The zero-order valence-electron chi connectivity index (χ0n) is 17.3. The van der Waals surface area contributed by atoms with Gasteiger partial charge in [-0.2, -0.15) is 0 Å². The van der Waals surface area contributed by atoms with Gasteiger partial charge < -0.3 is 5.32 Å². The molecule has 31 heavy (non-hydrogen) atoms. The minimum Gasteiger partial charge on any atom is -0.325 e. The molecule has 0 radical (unpaired) electrons. The van der Waals surface area contributed by atoms with E-state index in [4.69, 9.17) is 11.6 Å². The van der Waals surface area contributed by atoms with Gasteiger partial charge in [0.05, 0.1) is 11.6 Å². The Morgan fingerprint density at radius 1 is 0.935 bits per heavy atom. The Bertz CT molecular complexity index is 1070. The average Bonchev–Trinajstić information content (AvgIpc) is 2.81. The maximum Gasteiger partial charge on any atom is 0.228 e. The summed E-state index contributed by atoms with van der Waals surface area (Å²) < 4.78 is 0. The molecule has 0 unspecified atom stereocenters. The second-order valence-electron chi connectivity index (χ2n) is 7.90. The van der Waals surface area contributed by atoms with Crippen LogP contribution in [0.5, 0.6) is 0 Å². The molecule has 158 valence electrons. The number of anilines is 1. The van der Waals surface area contributed by atoms with Crippen molar-refractivity contribution in [2.75, 3.05) is 18.4 Å². The van der Waals surface area contributed by atoms with Crippen molar-refractivity contribution in [2.45, 2.75) is 19.4 Å². The van der Waals surface area contributed by atoms with Crippen LogP contribution in [0.2, 0.25) is 5.02 Å². The summed E-state index contributed by atoms with van der Waals surface area (Å²) in [6, 6.07) is 24.2. The van der Waals surface area contributed by atoms with Crippen molar-refractivity contribution in [3.8, 4) is 0 Å². The van der Waals surface area contributed by atoms with Crippen molar-refractivity contribution in [1.82, 2.24) is 4.90 Å². The lowest BCUT2D eigenvalue weighted by Gasteiger charge is -2.32. The van der Waals surface area contributed by atoms with Crippen LogP contribution in [-0.2, 0) is 11.3 Å². The fourth-order valence-corrected chi connectivity index (χ4v) is 4.25. The summed E-state index contributed by atoms with van der Waals surface area (Å²) in [6.45, 7) is 2.34. The Labute approximate surface area is 187 Å². The number of carbonyl (C=O) groups is 2. The zero-order chi connectivity index (χ0) is 21.6. The van der Waals surface area contributed by atoms with E-state index < -0.39 is 0 Å². The Morgan fingerprint density at radius 3 is 2.45 bits per heavy atom. The van der Waals surface area contributed by atoms with E-state index in [0.29, 0.717) is 23.4 Å². The van der Waals surface area contributed by atoms with Gasteiger partial charge in [-0.25, -0.2) is 0 Å². The Hall–Kier alpha value is -2.95. The molecule has 0 aromatic heterocycles. The monoisotopic (exact) mass is 432 g/mol. The summed E-state index contributed by atoms with van der Waals surface area (Å²) in [5, 5.41) is 3.77. The highest BCUT2D eigenvalue weighted by molar-refractivity contribution is 6.31. The highest BCUT2D eigenvalue weighted by Gasteiger charge is 2.27. The Morgan fingerprint density at radius 2 is 1.65 bits per heavy atom. The normalized spacial score (nSPS) is 16.6. The van der Waals surface area contributed by atoms with Crippen molar-refractivity contribution < 1.29 is 9.59 Å². The molecule has 1 atom stereocenters. The van der Waals surface area contributed by atoms with Crippen LogP contribution in [0.25, 0.3) is 0 Å². The summed E-state index contributed by atoms with van der Waals surface area (Å²) >= 11 is 6.31. The third kappa shape index (κ3) is 5.22. The molecule has 1 heterocycles. The molecule has 0 aliphatic carbocycles. The molecule has 1 N–H and O–H groups in total. The van der Waals surface area contributed by atoms with Gasteiger partial charge in [-0.1, -0.05) is 72.3 Å². The van der Waals surface area contributed by atoms with Crippen LogP contribution < -0.4 is 5.32 Å². The van der Waals surface area contributed by atoms with Gasteiger partial charge in [0.2, 0.25) is 5.91 Å². The van der Waals surface area contributed by atoms with Crippen LogP contribution in [0, 0.1) is 5.92 Å². The number of benzene rings is 3. The number of nitrogens with zero attached hydrogens (tertiary/aromatic N) is 1. The molecule has 3 aromatic carbocycles. The first-order valence-electron chi connectivity index (χ1n) is 10.6. The minimum absolute atomic E-state index is 0.0443. The van der Waals surface area contributed by atoms with E-state index in [9.17, 15) is 9.59 Å². The third-order valence-electron chi connectivity index (χ3n) is 5.69. The Balaban J connectivity index is 1.45. The van der Waals surface area contributed by atoms with E-state index in [2.05, 4.69) is 10.2 Å². The van der Waals surface area contributed by atoms with Crippen molar-refractivity contribution in [3.63, 3.8) is 0 Å². The summed E-state index contributed by atoms with van der Waals surface area (Å²) in [5.74, 6) is -0.270. The quantitative estimate of drug-likeness (QED) is 0.529. The molecule has 1 aliphatic heterocycles. The number of likely N-dealkylation sites (tertiary alicyclic amines) is 1. The van der Waals surface area contributed by atoms with Gasteiger partial charge in [0, 0.05) is 29.2 Å². The SMILES string of the molecule is O=C(c1ccccc1)c1ccccc1NC(=O)[C@H]1CCCN(Cc2ccccc2Cl)C1. The molecule has 1 aliphatic rings. The third-order valence-corrected chi connectivity index (χ3v) is 6.06. The van der Waals surface area contributed by atoms with E-state index in [1.165, 1.54) is 0 Å². The average molecular weight is 433 g/mol. The molecule has 0 saturated carbocycles. The number of para-hydroxylation sites is 1. The number of nitrogens with one attached hydrogen (secondary N) is 1. The lowest BCUT2D eigenvalue weighted by Crippen LogP contribution is -2.40. The van der Waals surface area contributed by atoms with Gasteiger partial charge in [-0.05, 0) is 43.1 Å². The number of hydrogen-bond donors (Lipinski definition) is 1. The van der Waals surface area contributed by atoms with E-state index in [0.717, 1.165) is 36.5 Å². The van der Waals surface area contributed by atoms with Gasteiger partial charge in [0.25, 0.3) is 0 Å². The van der Waals surface area contributed by atoms with Crippen LogP contribution in [0.1, 0.15) is 34.3 Å². The topological polar surface area (TPSA) is 49.4 Å². The van der Waals surface area contributed by atoms with Crippen LogP contribution in [0.4, 0.5) is 5.69 Å². The fraction of sp³-hybridized carbons (Fsp3) is 0.231. The van der Waals surface area contributed by atoms with E-state index in [1.807, 2.05) is 54.6 Å². The number of piperidine rings is 1. The zero-order valence-corrected chi connectivity index (χ0v) is 18.0. The second-order valence-corrected chi connectivity index (χ2v) is 8.30. The van der Waals surface area contributed by atoms with E-state index in [1.54, 1.807) is 24.3 Å². The molecule has 1 saturated heterocycles. The fourth-order valence-electron chi connectivity index (χ4n) is 4.05. The summed E-state index contributed by atoms with van der Waals surface area (Å²) in [5.41, 5.74) is 2.74. The van der Waals surface area contributed by atoms with Crippen molar-refractivity contribution >= 4 is 29.0 Å². The number of rotatable bonds is 6. The van der Waals surface area contributed by atoms with Crippen LogP contribution >= 0.6 is 11.6 Å². The molecule has 0 bridgehead atoms. The number of halogens is 1. The highest BCUT2D eigenvalue weighted by Crippen LogP contribution is 2.25. The predicted octanol–water partition coefficient (Wildman–Crippen LogP) is 5.42. The molecule has 1 amide bonds. The molecule has 4 nitrogen and oxygen atoms in total. The van der Waals surface area contributed by atoms with Crippen molar-refractivity contribution in [3.05, 3.63) is 101 Å². The summed E-state index contributed by atoms with van der Waals surface area (Å²) in [6.07, 6.45) is 1.78. The maximum absolute atomic E-state index is 13.1. The highest BCUT2D eigenvalue weighted by atomic mass is 35.5. The predicted molar refractivity (Wildman–Crippen MR) is 124 cm³/mol. The first kappa shape index (κ1) is 21.3. The maximum atomic E-state index is 13.1. The van der Waals surface area contributed by atoms with E-state index in [-0.39, 0.29) is 17.6 Å². The number of hydrogen-bond acceptors (Lipinski definition) is 3. The van der Waals surface area contributed by atoms with Crippen LogP contribution in [0.15, 0.2) is 78.9 Å². The van der Waals surface area contributed by atoms with Crippen molar-refractivity contribution in [1.29, 1.82) is 0 Å². The lowest BCUT2D eigenvalue weighted by molar-refractivity contribution is -0.121. The van der Waals surface area contributed by atoms with Gasteiger partial charge >= 0.3 is 0 Å². The lowest BCUT2D eigenvalue weighted by atomic mass is 9.96. The molecule has 1 fully saturated rings. The number of ketones is 1. The van der Waals surface area contributed by atoms with Crippen LogP contribution in [-0.4, -0.2) is 29.7 Å². The van der Waals surface area contributed by atoms with Gasteiger partial charge in [-0.3, -0.25) is 14.5 Å². The largest absolute Gasteiger partial charge is 0.325 e. The number of carbonyl (C=O) groups excluding carboxylic acids is 2. The van der Waals surface area contributed by atoms with Crippen LogP contribution in [0.3, 0.4) is 0 Å². The number of amides is 1. The minimum atomic E-state index is -0.129. The first-order valence-corrected chi connectivity index (χ1v) is 10.9. The van der Waals surface area contributed by atoms with Gasteiger partial charge in [0.15, 0.2) is 5.78 Å². The molecule has 0 spiro atoms. The summed E-state index contributed by atoms with van der Waals surface area (Å²) in [7, 11) is 0. The Kier molecular flexibility index (Phi) is 6.80. The van der Waals surface area contributed by atoms with Crippen molar-refractivity contribution in [2.24, 2.45) is 5.92 Å². The molecule has 5 heteroatoms.